The van der Waals surface area contributed by atoms with E-state index in [0.717, 1.165) is 12.3 Å². The van der Waals surface area contributed by atoms with Crippen molar-refractivity contribution in [2.24, 2.45) is 5.92 Å². The van der Waals surface area contributed by atoms with Crippen LogP contribution < -0.4 is 5.32 Å². The number of nitrogens with zero attached hydrogens (tertiary/aromatic N) is 1. The van der Waals surface area contributed by atoms with Crippen LogP contribution >= 0.6 is 0 Å². The van der Waals surface area contributed by atoms with Crippen molar-refractivity contribution in [3.05, 3.63) is 35.4 Å². The third-order valence-corrected chi connectivity index (χ3v) is 4.90. The summed E-state index contributed by atoms with van der Waals surface area (Å²) in [7, 11) is 0. The number of hydrogen-bond donors (Lipinski definition) is 1. The van der Waals surface area contributed by atoms with E-state index in [1.807, 2.05) is 0 Å². The molecule has 1 aliphatic rings. The van der Waals surface area contributed by atoms with Gasteiger partial charge >= 0.3 is 0 Å². The van der Waals surface area contributed by atoms with Crippen molar-refractivity contribution in [1.29, 1.82) is 0 Å². The van der Waals surface area contributed by atoms with Crippen LogP contribution in [-0.2, 0) is 6.42 Å². The number of benzene rings is 1. The molecule has 1 saturated heterocycles. The molecule has 1 heterocycles. The van der Waals surface area contributed by atoms with Crippen LogP contribution in [0, 0.1) is 5.92 Å². The van der Waals surface area contributed by atoms with Crippen LogP contribution in [0.5, 0.6) is 0 Å². The Bertz CT molecular complexity index is 404. The first kappa shape index (κ1) is 16.5. The van der Waals surface area contributed by atoms with E-state index in [0.29, 0.717) is 12.1 Å². The van der Waals surface area contributed by atoms with Gasteiger partial charge in [-0.15, -0.1) is 0 Å². The van der Waals surface area contributed by atoms with Gasteiger partial charge in [0.25, 0.3) is 0 Å². The van der Waals surface area contributed by atoms with E-state index >= 15 is 0 Å². The van der Waals surface area contributed by atoms with E-state index in [9.17, 15) is 0 Å². The first-order chi connectivity index (χ1) is 10.1. The lowest BCUT2D eigenvalue weighted by Crippen LogP contribution is -2.42. The van der Waals surface area contributed by atoms with Gasteiger partial charge in [-0.3, -0.25) is 4.90 Å². The minimum absolute atomic E-state index is 0.498. The largest absolute Gasteiger partial charge is 0.316 e. The zero-order chi connectivity index (χ0) is 15.2. The predicted octanol–water partition coefficient (Wildman–Crippen LogP) is 4.02. The molecule has 0 radical (unpaired) electrons. The molecule has 1 N–H and O–H groups in total. The van der Waals surface area contributed by atoms with Crippen LogP contribution in [0.4, 0.5) is 0 Å². The molecule has 1 aromatic rings. The van der Waals surface area contributed by atoms with Crippen LogP contribution in [0.2, 0.25) is 0 Å². The second kappa shape index (κ2) is 7.95. The molecule has 1 fully saturated rings. The van der Waals surface area contributed by atoms with Crippen molar-refractivity contribution in [3.8, 4) is 0 Å². The highest BCUT2D eigenvalue weighted by molar-refractivity contribution is 5.24. The molecule has 0 aliphatic carbocycles. The van der Waals surface area contributed by atoms with Gasteiger partial charge in [0.05, 0.1) is 0 Å². The van der Waals surface area contributed by atoms with Crippen molar-refractivity contribution in [1.82, 2.24) is 10.2 Å². The fourth-order valence-corrected chi connectivity index (χ4v) is 3.42. The Kier molecular flexibility index (Phi) is 6.25. The number of nitrogens with one attached hydrogen (secondary N) is 1. The number of hydrogen-bond acceptors (Lipinski definition) is 2. The van der Waals surface area contributed by atoms with Crippen LogP contribution in [-0.4, -0.2) is 30.6 Å². The lowest BCUT2D eigenvalue weighted by atomic mass is 9.96. The SMILES string of the molecule is CCc1ccc(C(C)N(CC2CCCNC2)C(C)C)cc1. The first-order valence-electron chi connectivity index (χ1n) is 8.67. The van der Waals surface area contributed by atoms with Crippen molar-refractivity contribution >= 4 is 0 Å². The highest BCUT2D eigenvalue weighted by Crippen LogP contribution is 2.25. The molecule has 0 saturated carbocycles. The van der Waals surface area contributed by atoms with Crippen LogP contribution in [0.3, 0.4) is 0 Å². The lowest BCUT2D eigenvalue weighted by molar-refractivity contribution is 0.127. The van der Waals surface area contributed by atoms with Crippen molar-refractivity contribution in [3.63, 3.8) is 0 Å². The summed E-state index contributed by atoms with van der Waals surface area (Å²) < 4.78 is 0. The molecule has 0 amide bonds. The standard InChI is InChI=1S/C19H32N2/c1-5-17-8-10-19(11-9-17)16(4)21(15(2)3)14-18-7-6-12-20-13-18/h8-11,15-16,18,20H,5-7,12-14H2,1-4H3. The maximum Gasteiger partial charge on any atom is 0.0322 e. The zero-order valence-electron chi connectivity index (χ0n) is 14.2. The highest BCUT2D eigenvalue weighted by Gasteiger charge is 2.23. The van der Waals surface area contributed by atoms with Crippen LogP contribution in [0.15, 0.2) is 24.3 Å². The van der Waals surface area contributed by atoms with Gasteiger partial charge < -0.3 is 5.32 Å². The molecule has 2 unspecified atom stereocenters. The van der Waals surface area contributed by atoms with Gasteiger partial charge in [-0.2, -0.15) is 0 Å². The summed E-state index contributed by atoms with van der Waals surface area (Å²) in [5.41, 5.74) is 2.88. The smallest absolute Gasteiger partial charge is 0.0322 e. The maximum absolute atomic E-state index is 3.55. The molecule has 2 rings (SSSR count). The molecule has 21 heavy (non-hydrogen) atoms. The van der Waals surface area contributed by atoms with Gasteiger partial charge in [-0.25, -0.2) is 0 Å². The fourth-order valence-electron chi connectivity index (χ4n) is 3.42. The van der Waals surface area contributed by atoms with E-state index in [2.05, 4.69) is 62.2 Å². The number of piperidine rings is 1. The number of rotatable bonds is 6. The molecule has 0 bridgehead atoms. The Balaban J connectivity index is 2.04. The minimum atomic E-state index is 0.498. The van der Waals surface area contributed by atoms with Gasteiger partial charge in [-0.05, 0) is 70.2 Å². The predicted molar refractivity (Wildman–Crippen MR) is 91.7 cm³/mol. The third kappa shape index (κ3) is 4.55. The van der Waals surface area contributed by atoms with E-state index in [1.54, 1.807) is 0 Å². The molecule has 2 heteroatoms. The summed E-state index contributed by atoms with van der Waals surface area (Å²) in [5, 5.41) is 3.55. The molecular formula is C19H32N2. The van der Waals surface area contributed by atoms with Crippen molar-refractivity contribution in [2.75, 3.05) is 19.6 Å². The number of aryl methyl sites for hydroxylation is 1. The summed E-state index contributed by atoms with van der Waals surface area (Å²) in [6.45, 7) is 12.8. The average Bonchev–Trinajstić information content (AvgIpc) is 2.53. The third-order valence-electron chi connectivity index (χ3n) is 4.90. The minimum Gasteiger partial charge on any atom is -0.316 e. The Labute approximate surface area is 130 Å². The van der Waals surface area contributed by atoms with Gasteiger partial charge in [-0.1, -0.05) is 31.2 Å². The second-order valence-electron chi connectivity index (χ2n) is 6.77. The van der Waals surface area contributed by atoms with E-state index in [-0.39, 0.29) is 0 Å². The molecule has 2 atom stereocenters. The van der Waals surface area contributed by atoms with E-state index in [4.69, 9.17) is 0 Å². The van der Waals surface area contributed by atoms with E-state index in [1.165, 1.54) is 43.6 Å². The summed E-state index contributed by atoms with van der Waals surface area (Å²) in [4.78, 5) is 2.67. The van der Waals surface area contributed by atoms with Gasteiger partial charge in [0.2, 0.25) is 0 Å². The molecule has 1 aliphatic heterocycles. The normalized spacial score (nSPS) is 21.0. The molecule has 118 valence electrons. The summed E-state index contributed by atoms with van der Waals surface area (Å²) in [6.07, 6.45) is 3.82. The first-order valence-corrected chi connectivity index (χ1v) is 8.67. The zero-order valence-corrected chi connectivity index (χ0v) is 14.2. The maximum atomic E-state index is 3.55. The molecule has 2 nitrogen and oxygen atoms in total. The lowest BCUT2D eigenvalue weighted by Gasteiger charge is -2.37. The molecule has 0 spiro atoms. The molecule has 0 aromatic heterocycles. The van der Waals surface area contributed by atoms with Gasteiger partial charge in [0.1, 0.15) is 0 Å². The van der Waals surface area contributed by atoms with E-state index < -0.39 is 0 Å². The summed E-state index contributed by atoms with van der Waals surface area (Å²) in [6, 6.07) is 10.3. The van der Waals surface area contributed by atoms with Crippen LogP contribution in [0.1, 0.15) is 57.7 Å². The van der Waals surface area contributed by atoms with Gasteiger partial charge in [0.15, 0.2) is 0 Å². The summed E-state index contributed by atoms with van der Waals surface area (Å²) in [5.74, 6) is 0.804. The van der Waals surface area contributed by atoms with Crippen molar-refractivity contribution in [2.45, 2.75) is 59.0 Å². The highest BCUT2D eigenvalue weighted by atomic mass is 15.2. The fraction of sp³-hybridized carbons (Fsp3) is 0.684. The Hall–Kier alpha value is -0.860. The quantitative estimate of drug-likeness (QED) is 0.850. The van der Waals surface area contributed by atoms with Crippen molar-refractivity contribution < 1.29 is 0 Å². The monoisotopic (exact) mass is 288 g/mol. The molecular weight excluding hydrogens is 256 g/mol. The molecule has 1 aromatic carbocycles. The topological polar surface area (TPSA) is 15.3 Å². The Morgan fingerprint density at radius 1 is 1.19 bits per heavy atom. The average molecular weight is 288 g/mol. The second-order valence-corrected chi connectivity index (χ2v) is 6.77. The van der Waals surface area contributed by atoms with Crippen LogP contribution in [0.25, 0.3) is 0 Å². The Morgan fingerprint density at radius 3 is 2.43 bits per heavy atom. The Morgan fingerprint density at radius 2 is 1.90 bits per heavy atom. The summed E-state index contributed by atoms with van der Waals surface area (Å²) >= 11 is 0. The van der Waals surface area contributed by atoms with Gasteiger partial charge in [0, 0.05) is 18.6 Å².